The van der Waals surface area contributed by atoms with E-state index in [4.69, 9.17) is 9.47 Å². The Kier molecular flexibility index (Phi) is 8.97. The number of halogens is 1. The van der Waals surface area contributed by atoms with Crippen LogP contribution in [0.15, 0.2) is 54.6 Å². The fourth-order valence-corrected chi connectivity index (χ4v) is 3.83. The highest BCUT2D eigenvalue weighted by Gasteiger charge is 2.26. The number of aliphatic hydroxyl groups is 1. The molecule has 0 saturated carbocycles. The second-order valence-electron chi connectivity index (χ2n) is 7.85. The number of hydrogen-bond acceptors (Lipinski definition) is 5. The van der Waals surface area contributed by atoms with Crippen molar-refractivity contribution < 1.29 is 23.8 Å². The monoisotopic (exact) mass is 430 g/mol. The van der Waals surface area contributed by atoms with E-state index in [1.54, 1.807) is 18.1 Å². The third-order valence-corrected chi connectivity index (χ3v) is 5.35. The van der Waals surface area contributed by atoms with Crippen molar-refractivity contribution >= 4 is 5.91 Å². The number of morpholine rings is 1. The van der Waals surface area contributed by atoms with Gasteiger partial charge in [-0.25, -0.2) is 4.39 Å². The Hall–Kier alpha value is -2.32. The highest BCUT2D eigenvalue weighted by Crippen LogP contribution is 2.13. The van der Waals surface area contributed by atoms with Crippen molar-refractivity contribution in [2.75, 3.05) is 53.0 Å². The lowest BCUT2D eigenvalue weighted by molar-refractivity contribution is -0.0515. The minimum atomic E-state index is -0.473. The number of nitrogens with zero attached hydrogens (tertiary/aromatic N) is 2. The number of ether oxygens (including phenoxy) is 2. The van der Waals surface area contributed by atoms with Crippen LogP contribution in [-0.2, 0) is 15.9 Å². The number of carbonyl (C=O) groups is 1. The molecule has 0 bridgehead atoms. The molecule has 0 aliphatic carbocycles. The Balaban J connectivity index is 1.57. The van der Waals surface area contributed by atoms with Crippen LogP contribution in [0.1, 0.15) is 15.9 Å². The molecule has 6 nitrogen and oxygen atoms in total. The number of amides is 1. The number of β-amino-alcohol motifs (C(OH)–C–C–N with tert-alkyl or cyclic N) is 1. The maximum atomic E-state index is 13.6. The van der Waals surface area contributed by atoms with Gasteiger partial charge in [0.25, 0.3) is 5.91 Å². The summed E-state index contributed by atoms with van der Waals surface area (Å²) < 4.78 is 24.6. The van der Waals surface area contributed by atoms with Gasteiger partial charge >= 0.3 is 0 Å². The first-order valence-electron chi connectivity index (χ1n) is 10.6. The number of methoxy groups -OCH3 is 1. The van der Waals surface area contributed by atoms with Crippen LogP contribution in [0.5, 0.6) is 0 Å². The van der Waals surface area contributed by atoms with Gasteiger partial charge in [-0.1, -0.05) is 36.4 Å². The highest BCUT2D eigenvalue weighted by molar-refractivity contribution is 5.94. The van der Waals surface area contributed by atoms with Crippen molar-refractivity contribution in [1.82, 2.24) is 9.80 Å². The van der Waals surface area contributed by atoms with E-state index in [-0.39, 0.29) is 12.0 Å². The van der Waals surface area contributed by atoms with Gasteiger partial charge < -0.3 is 19.5 Å². The van der Waals surface area contributed by atoms with Gasteiger partial charge in [-0.3, -0.25) is 9.69 Å². The van der Waals surface area contributed by atoms with E-state index < -0.39 is 11.9 Å². The van der Waals surface area contributed by atoms with Crippen molar-refractivity contribution in [3.8, 4) is 0 Å². The number of hydrogen-bond donors (Lipinski definition) is 1. The lowest BCUT2D eigenvalue weighted by Crippen LogP contribution is -2.51. The van der Waals surface area contributed by atoms with Gasteiger partial charge in [-0.05, 0) is 30.2 Å². The summed E-state index contributed by atoms with van der Waals surface area (Å²) in [7, 11) is 1.58. The fraction of sp³-hybridized carbons (Fsp3) is 0.458. The summed E-state index contributed by atoms with van der Waals surface area (Å²) in [5.74, 6) is -0.688. The number of carbonyl (C=O) groups excluding carboxylic acids is 1. The summed E-state index contributed by atoms with van der Waals surface area (Å²) >= 11 is 0. The van der Waals surface area contributed by atoms with Gasteiger partial charge in [0.1, 0.15) is 5.82 Å². The number of aliphatic hydroxyl groups excluding tert-OH is 1. The van der Waals surface area contributed by atoms with E-state index in [0.717, 1.165) is 12.1 Å². The molecule has 168 valence electrons. The van der Waals surface area contributed by atoms with Gasteiger partial charge in [0.15, 0.2) is 0 Å². The maximum Gasteiger partial charge on any atom is 0.254 e. The summed E-state index contributed by atoms with van der Waals surface area (Å²) in [6, 6.07) is 15.6. The summed E-state index contributed by atoms with van der Waals surface area (Å²) in [6.07, 6.45) is -0.0624. The Bertz CT molecular complexity index is 820. The third-order valence-electron chi connectivity index (χ3n) is 5.35. The van der Waals surface area contributed by atoms with Crippen LogP contribution in [0.2, 0.25) is 0 Å². The standard InChI is InChI=1S/C24H31FN2O4/c1-30-12-11-27(24(29)20-8-5-9-21(25)15-20)18-23-17-26(10-13-31-23)16-22(28)14-19-6-3-2-4-7-19/h2-9,15,22-23,28H,10-14,16-18H2,1H3/t22-,23+/m1/s1. The molecule has 2 aromatic rings. The topological polar surface area (TPSA) is 62.2 Å². The molecule has 1 amide bonds. The van der Waals surface area contributed by atoms with E-state index in [2.05, 4.69) is 4.90 Å². The Morgan fingerprint density at radius 1 is 1.29 bits per heavy atom. The number of rotatable bonds is 10. The van der Waals surface area contributed by atoms with Crippen molar-refractivity contribution in [3.63, 3.8) is 0 Å². The molecule has 1 heterocycles. The molecule has 1 aliphatic rings. The van der Waals surface area contributed by atoms with Crippen LogP contribution >= 0.6 is 0 Å². The Morgan fingerprint density at radius 3 is 2.84 bits per heavy atom. The van der Waals surface area contributed by atoms with Gasteiger partial charge in [0, 0.05) is 45.4 Å². The molecule has 1 fully saturated rings. The molecule has 0 aromatic heterocycles. The van der Waals surface area contributed by atoms with Crippen LogP contribution in [0, 0.1) is 5.82 Å². The SMILES string of the molecule is COCCN(C[C@@H]1CN(C[C@H](O)Cc2ccccc2)CCO1)C(=O)c1cccc(F)c1. The van der Waals surface area contributed by atoms with Crippen LogP contribution in [0.4, 0.5) is 4.39 Å². The van der Waals surface area contributed by atoms with E-state index in [0.29, 0.717) is 51.4 Å². The Labute approximate surface area is 183 Å². The predicted octanol–water partition coefficient (Wildman–Crippen LogP) is 2.22. The summed E-state index contributed by atoms with van der Waals surface area (Å²) in [5.41, 5.74) is 1.41. The molecular weight excluding hydrogens is 399 g/mol. The number of benzene rings is 2. The zero-order chi connectivity index (χ0) is 22.1. The second kappa shape index (κ2) is 11.9. The largest absolute Gasteiger partial charge is 0.391 e. The zero-order valence-electron chi connectivity index (χ0n) is 18.0. The van der Waals surface area contributed by atoms with Gasteiger partial charge in [-0.15, -0.1) is 0 Å². The molecule has 1 aliphatic heterocycles. The Morgan fingerprint density at radius 2 is 2.10 bits per heavy atom. The molecule has 3 rings (SSSR count). The van der Waals surface area contributed by atoms with Gasteiger partial charge in [0.2, 0.25) is 0 Å². The molecule has 0 unspecified atom stereocenters. The summed E-state index contributed by atoms with van der Waals surface area (Å²) in [4.78, 5) is 16.7. The normalized spacial score (nSPS) is 18.0. The van der Waals surface area contributed by atoms with E-state index >= 15 is 0 Å². The first-order chi connectivity index (χ1) is 15.0. The lowest BCUT2D eigenvalue weighted by Gasteiger charge is -2.36. The highest BCUT2D eigenvalue weighted by atomic mass is 19.1. The molecular formula is C24H31FN2O4. The molecule has 2 atom stereocenters. The van der Waals surface area contributed by atoms with E-state index in [9.17, 15) is 14.3 Å². The van der Waals surface area contributed by atoms with Crippen molar-refractivity contribution in [2.24, 2.45) is 0 Å². The first kappa shape index (κ1) is 23.3. The molecule has 31 heavy (non-hydrogen) atoms. The van der Waals surface area contributed by atoms with Crippen LogP contribution in [0.3, 0.4) is 0 Å². The smallest absolute Gasteiger partial charge is 0.254 e. The molecule has 1 saturated heterocycles. The summed E-state index contributed by atoms with van der Waals surface area (Å²) in [5, 5.41) is 10.5. The van der Waals surface area contributed by atoms with Crippen molar-refractivity contribution in [1.29, 1.82) is 0 Å². The van der Waals surface area contributed by atoms with Crippen molar-refractivity contribution in [2.45, 2.75) is 18.6 Å². The van der Waals surface area contributed by atoms with Crippen LogP contribution in [-0.4, -0.2) is 86.1 Å². The molecule has 2 aromatic carbocycles. The average molecular weight is 431 g/mol. The predicted molar refractivity (Wildman–Crippen MR) is 117 cm³/mol. The molecule has 7 heteroatoms. The van der Waals surface area contributed by atoms with E-state index in [1.807, 2.05) is 30.3 Å². The van der Waals surface area contributed by atoms with Crippen LogP contribution < -0.4 is 0 Å². The zero-order valence-corrected chi connectivity index (χ0v) is 18.0. The maximum absolute atomic E-state index is 13.6. The minimum absolute atomic E-state index is 0.188. The third kappa shape index (κ3) is 7.40. The molecule has 0 spiro atoms. The van der Waals surface area contributed by atoms with Gasteiger partial charge in [0.05, 0.1) is 25.4 Å². The average Bonchev–Trinajstić information content (AvgIpc) is 2.77. The quantitative estimate of drug-likeness (QED) is 0.626. The van der Waals surface area contributed by atoms with E-state index in [1.165, 1.54) is 18.2 Å². The van der Waals surface area contributed by atoms with Crippen LogP contribution in [0.25, 0.3) is 0 Å². The first-order valence-corrected chi connectivity index (χ1v) is 10.6. The van der Waals surface area contributed by atoms with Crippen molar-refractivity contribution in [3.05, 3.63) is 71.5 Å². The summed E-state index contributed by atoms with van der Waals surface area (Å²) in [6.45, 7) is 3.59. The van der Waals surface area contributed by atoms with Gasteiger partial charge in [-0.2, -0.15) is 0 Å². The molecule has 1 N–H and O–H groups in total. The fourth-order valence-electron chi connectivity index (χ4n) is 3.83. The second-order valence-corrected chi connectivity index (χ2v) is 7.85. The molecule has 0 radical (unpaired) electrons. The minimum Gasteiger partial charge on any atom is -0.391 e. The lowest BCUT2D eigenvalue weighted by atomic mass is 10.1.